The lowest BCUT2D eigenvalue weighted by atomic mass is 9.56. The fraction of sp³-hybridized carbons (Fsp3) is 0.480. The molecular weight excluding hydrogens is 527 g/mol. The van der Waals surface area contributed by atoms with E-state index in [-0.39, 0.29) is 30.7 Å². The van der Waals surface area contributed by atoms with Gasteiger partial charge in [0.05, 0.1) is 25.4 Å². The zero-order chi connectivity index (χ0) is 27.0. The van der Waals surface area contributed by atoms with Crippen LogP contribution in [0, 0.1) is 17.8 Å². The predicted molar refractivity (Wildman–Crippen MR) is 129 cm³/mol. The van der Waals surface area contributed by atoms with Crippen molar-refractivity contribution in [1.29, 1.82) is 0 Å². The number of amides is 4. The molecule has 2 N–H and O–H groups in total. The number of carbonyl (C=O) groups excluding carboxylic acids is 4. The number of aromatic hydroxyl groups is 1. The molecule has 3 fully saturated rings. The van der Waals surface area contributed by atoms with E-state index in [2.05, 4.69) is 0 Å². The van der Waals surface area contributed by atoms with Crippen molar-refractivity contribution < 1.29 is 38.9 Å². The van der Waals surface area contributed by atoms with E-state index in [0.29, 0.717) is 11.3 Å². The van der Waals surface area contributed by atoms with E-state index >= 15 is 0 Å². The molecule has 196 valence electrons. The number of phenols is 1. The van der Waals surface area contributed by atoms with Crippen molar-refractivity contribution >= 4 is 52.8 Å². The van der Waals surface area contributed by atoms with Crippen molar-refractivity contribution in [2.75, 3.05) is 20.7 Å². The third kappa shape index (κ3) is 3.28. The van der Waals surface area contributed by atoms with Crippen LogP contribution in [0.2, 0.25) is 0 Å². The molecule has 2 saturated heterocycles. The Balaban J connectivity index is 1.67. The minimum absolute atomic E-state index is 0.151. The molecule has 0 spiro atoms. The Bertz CT molecular complexity index is 1300. The van der Waals surface area contributed by atoms with Gasteiger partial charge < -0.3 is 14.9 Å². The first kappa shape index (κ1) is 25.5. The first-order valence-corrected chi connectivity index (χ1v) is 12.5. The van der Waals surface area contributed by atoms with Crippen molar-refractivity contribution in [2.24, 2.45) is 17.8 Å². The molecule has 37 heavy (non-hydrogen) atoms. The number of alkyl halides is 2. The van der Waals surface area contributed by atoms with Crippen LogP contribution in [-0.2, 0) is 24.0 Å². The number of hydrogen-bond acceptors (Lipinski definition) is 7. The number of methoxy groups -OCH3 is 1. The Hall–Kier alpha value is -3.11. The molecule has 4 aliphatic rings. The topological polar surface area (TPSA) is 142 Å². The van der Waals surface area contributed by atoms with E-state index in [0.717, 1.165) is 9.80 Å². The molecule has 1 saturated carbocycles. The van der Waals surface area contributed by atoms with Gasteiger partial charge in [0, 0.05) is 31.1 Å². The number of fused-ring (bicyclic) bond motifs is 4. The minimum Gasteiger partial charge on any atom is -0.508 e. The highest BCUT2D eigenvalue weighted by atomic mass is 35.5. The fourth-order valence-corrected chi connectivity index (χ4v) is 7.49. The van der Waals surface area contributed by atoms with Crippen LogP contribution in [0.15, 0.2) is 29.8 Å². The van der Waals surface area contributed by atoms with Gasteiger partial charge in [-0.1, -0.05) is 17.7 Å². The van der Waals surface area contributed by atoms with Gasteiger partial charge in [0.2, 0.25) is 11.8 Å². The van der Waals surface area contributed by atoms with Gasteiger partial charge in [-0.15, -0.1) is 23.2 Å². The second-order valence-corrected chi connectivity index (χ2v) is 11.1. The van der Waals surface area contributed by atoms with Gasteiger partial charge in [0.25, 0.3) is 11.8 Å². The summed E-state index contributed by atoms with van der Waals surface area (Å²) < 4.78 is 5.17. The smallest absolute Gasteiger partial charge is 0.305 e. The molecule has 0 aromatic heterocycles. The molecule has 2 aliphatic carbocycles. The zero-order valence-corrected chi connectivity index (χ0v) is 21.5. The molecule has 5 rings (SSSR count). The van der Waals surface area contributed by atoms with Crippen LogP contribution in [0.1, 0.15) is 30.7 Å². The molecule has 1 aromatic carbocycles. The Morgan fingerprint density at radius 1 is 1.14 bits per heavy atom. The highest BCUT2D eigenvalue weighted by Gasteiger charge is 2.76. The normalized spacial score (nSPS) is 34.8. The first-order chi connectivity index (χ1) is 17.4. The number of likely N-dealkylation sites (tertiary alicyclic amines) is 2. The number of aliphatic carboxylic acids is 1. The lowest BCUT2D eigenvalue weighted by molar-refractivity contribution is -0.143. The lowest BCUT2D eigenvalue weighted by Gasteiger charge is -2.50. The van der Waals surface area contributed by atoms with Gasteiger partial charge in [-0.2, -0.15) is 0 Å². The van der Waals surface area contributed by atoms with E-state index in [4.69, 9.17) is 33.0 Å². The first-order valence-electron chi connectivity index (χ1n) is 11.7. The quantitative estimate of drug-likeness (QED) is 0.321. The number of carbonyl (C=O) groups is 5. The molecule has 10 nitrogen and oxygen atoms in total. The number of phenolic OH excluding ortho intramolecular Hbond substituents is 1. The monoisotopic (exact) mass is 550 g/mol. The van der Waals surface area contributed by atoms with Gasteiger partial charge >= 0.3 is 5.97 Å². The third-order valence-corrected chi connectivity index (χ3v) is 9.62. The molecule has 0 radical (unpaired) electrons. The van der Waals surface area contributed by atoms with Gasteiger partial charge in [-0.3, -0.25) is 33.8 Å². The summed E-state index contributed by atoms with van der Waals surface area (Å²) in [5, 5.41) is 20.0. The van der Waals surface area contributed by atoms with Crippen molar-refractivity contribution in [1.82, 2.24) is 9.80 Å². The van der Waals surface area contributed by atoms with Crippen molar-refractivity contribution in [3.05, 3.63) is 35.4 Å². The third-order valence-electron chi connectivity index (χ3n) is 8.20. The number of rotatable bonds is 5. The van der Waals surface area contributed by atoms with E-state index in [1.165, 1.54) is 26.3 Å². The van der Waals surface area contributed by atoms with Crippen LogP contribution >= 0.6 is 23.2 Å². The Kier molecular flexibility index (Phi) is 5.84. The largest absolute Gasteiger partial charge is 0.508 e. The fourth-order valence-electron chi connectivity index (χ4n) is 6.48. The maximum atomic E-state index is 13.5. The summed E-state index contributed by atoms with van der Waals surface area (Å²) in [6.07, 6.45) is 1.31. The number of carboxylic acid groups (broad SMARTS) is 1. The number of imide groups is 2. The average molecular weight is 551 g/mol. The zero-order valence-electron chi connectivity index (χ0n) is 19.9. The highest BCUT2D eigenvalue weighted by molar-refractivity contribution is 6.53. The molecule has 1 aromatic rings. The van der Waals surface area contributed by atoms with E-state index in [1.54, 1.807) is 12.1 Å². The Morgan fingerprint density at radius 2 is 1.84 bits per heavy atom. The SMILES string of the molecule is COc1ccc(C2C3=CCC4C(=O)N(CCC(=O)O)C(=O)C4C3CC3(Cl)C(=O)N(C)C(=O)C23Cl)c(O)c1. The lowest BCUT2D eigenvalue weighted by Crippen LogP contribution is -2.60. The summed E-state index contributed by atoms with van der Waals surface area (Å²) in [7, 11) is 2.70. The summed E-state index contributed by atoms with van der Waals surface area (Å²) in [6, 6.07) is 4.46. The minimum atomic E-state index is -2.00. The van der Waals surface area contributed by atoms with Crippen LogP contribution in [0.4, 0.5) is 0 Å². The van der Waals surface area contributed by atoms with Gasteiger partial charge in [0.1, 0.15) is 11.5 Å². The molecule has 0 bridgehead atoms. The Morgan fingerprint density at radius 3 is 2.46 bits per heavy atom. The van der Waals surface area contributed by atoms with Crippen LogP contribution in [0.3, 0.4) is 0 Å². The molecule has 2 heterocycles. The molecule has 12 heteroatoms. The number of allylic oxidation sites excluding steroid dienone is 2. The van der Waals surface area contributed by atoms with Crippen molar-refractivity contribution in [3.63, 3.8) is 0 Å². The number of nitrogens with zero attached hydrogens (tertiary/aromatic N) is 2. The van der Waals surface area contributed by atoms with E-state index in [1.807, 2.05) is 0 Å². The van der Waals surface area contributed by atoms with Crippen LogP contribution in [0.5, 0.6) is 11.5 Å². The highest BCUT2D eigenvalue weighted by Crippen LogP contribution is 2.66. The molecular formula is C25H24Cl2N2O8. The molecule has 4 amide bonds. The van der Waals surface area contributed by atoms with Crippen LogP contribution in [-0.4, -0.2) is 80.1 Å². The summed E-state index contributed by atoms with van der Waals surface area (Å²) in [6.45, 7) is -0.267. The van der Waals surface area contributed by atoms with Gasteiger partial charge in [-0.25, -0.2) is 0 Å². The number of benzene rings is 1. The maximum absolute atomic E-state index is 13.5. The Labute approximate surface area is 221 Å². The van der Waals surface area contributed by atoms with Gasteiger partial charge in [-0.05, 0) is 24.8 Å². The number of halogens is 2. The summed E-state index contributed by atoms with van der Waals surface area (Å²) in [4.78, 5) is 62.4. The standard InChI is InChI=1S/C25H24Cl2N2O8/c1-28-22(35)24(26)10-15-12(5-6-14-18(15)21(34)29(20(14)33)8-7-17(31)32)19(25(24,27)23(28)36)13-4-3-11(37-2)9-16(13)30/h3-5,9,14-15,18-19,30H,6-8,10H2,1-2H3,(H,31,32). The average Bonchev–Trinajstić information content (AvgIpc) is 3.17. The second kappa shape index (κ2) is 8.46. The maximum Gasteiger partial charge on any atom is 0.305 e. The van der Waals surface area contributed by atoms with Crippen molar-refractivity contribution in [3.8, 4) is 11.5 Å². The van der Waals surface area contributed by atoms with Crippen LogP contribution < -0.4 is 4.74 Å². The number of hydrogen-bond donors (Lipinski definition) is 2. The molecule has 6 unspecified atom stereocenters. The van der Waals surface area contributed by atoms with Crippen molar-refractivity contribution in [2.45, 2.75) is 34.9 Å². The van der Waals surface area contributed by atoms with Gasteiger partial charge in [0.15, 0.2) is 9.75 Å². The summed E-state index contributed by atoms with van der Waals surface area (Å²) in [5.74, 6) is -7.01. The van der Waals surface area contributed by atoms with Crippen LogP contribution in [0.25, 0.3) is 0 Å². The second-order valence-electron chi connectivity index (χ2n) is 9.89. The number of ether oxygens (including phenoxy) is 1. The van der Waals surface area contributed by atoms with E-state index < -0.39 is 69.4 Å². The predicted octanol–water partition coefficient (Wildman–Crippen LogP) is 1.86. The summed E-state index contributed by atoms with van der Waals surface area (Å²) in [5.41, 5.74) is 0.761. The molecule has 6 atom stereocenters. The summed E-state index contributed by atoms with van der Waals surface area (Å²) >= 11 is 14.1. The molecule has 2 aliphatic heterocycles. The number of carboxylic acids is 1. The van der Waals surface area contributed by atoms with E-state index in [9.17, 15) is 29.1 Å².